The van der Waals surface area contributed by atoms with Gasteiger partial charge in [-0.25, -0.2) is 0 Å². The largest absolute Gasteiger partial charge is 0.494 e. The molecule has 3 nitrogen and oxygen atoms in total. The fourth-order valence-corrected chi connectivity index (χ4v) is 3.66. The molecule has 1 aromatic rings. The summed E-state index contributed by atoms with van der Waals surface area (Å²) < 4.78 is 5.50. The van der Waals surface area contributed by atoms with E-state index in [2.05, 4.69) is 41.5 Å². The fourth-order valence-electron chi connectivity index (χ4n) is 3.66. The van der Waals surface area contributed by atoms with Crippen molar-refractivity contribution in [2.24, 2.45) is 0 Å². The molecule has 0 amide bonds. The minimum atomic E-state index is 0. The summed E-state index contributed by atoms with van der Waals surface area (Å²) in [5, 5.41) is 3.72. The lowest BCUT2D eigenvalue weighted by atomic mass is 9.98. The number of rotatable bonds is 5. The van der Waals surface area contributed by atoms with Crippen molar-refractivity contribution in [2.45, 2.75) is 57.3 Å². The van der Waals surface area contributed by atoms with Gasteiger partial charge >= 0.3 is 0 Å². The molecule has 2 saturated heterocycles. The number of benzene rings is 1. The maximum Gasteiger partial charge on any atom is 0.119 e. The molecule has 2 fully saturated rings. The normalized spacial score (nSPS) is 27.5. The Morgan fingerprint density at radius 2 is 1.76 bits per heavy atom. The van der Waals surface area contributed by atoms with E-state index in [1.807, 2.05) is 6.92 Å². The van der Waals surface area contributed by atoms with Crippen molar-refractivity contribution in [2.75, 3.05) is 13.7 Å². The highest BCUT2D eigenvalue weighted by Crippen LogP contribution is 2.29. The summed E-state index contributed by atoms with van der Waals surface area (Å²) in [5.74, 6) is 0.971. The zero-order chi connectivity index (χ0) is 13.9. The van der Waals surface area contributed by atoms with Gasteiger partial charge in [0.25, 0.3) is 0 Å². The lowest BCUT2D eigenvalue weighted by molar-refractivity contribution is 0.166. The Balaban J connectivity index is 0.00000161. The molecule has 2 aliphatic heterocycles. The van der Waals surface area contributed by atoms with Gasteiger partial charge in [-0.05, 0) is 57.4 Å². The predicted molar refractivity (Wildman–Crippen MR) is 89.3 cm³/mol. The second-order valence-corrected chi connectivity index (χ2v) is 6.26. The maximum atomic E-state index is 5.50. The Labute approximate surface area is 134 Å². The van der Waals surface area contributed by atoms with Gasteiger partial charge in [0.2, 0.25) is 0 Å². The van der Waals surface area contributed by atoms with E-state index in [0.29, 0.717) is 0 Å². The predicted octanol–water partition coefficient (Wildman–Crippen LogP) is 3.22. The Hall–Kier alpha value is -0.770. The average Bonchev–Trinajstić information content (AvgIpc) is 2.80. The van der Waals surface area contributed by atoms with Crippen LogP contribution in [0.3, 0.4) is 0 Å². The molecule has 0 aromatic heterocycles. The molecular weight excluding hydrogens is 284 g/mol. The SMILES string of the molecule is CCOc1ccc(CN(C)C2CC3CCC(C2)N3)cc1.Cl. The van der Waals surface area contributed by atoms with Gasteiger partial charge in [-0.2, -0.15) is 0 Å². The zero-order valence-electron chi connectivity index (χ0n) is 13.0. The van der Waals surface area contributed by atoms with Crippen LogP contribution in [0.5, 0.6) is 5.75 Å². The van der Waals surface area contributed by atoms with E-state index in [1.54, 1.807) is 0 Å². The molecule has 0 aliphatic carbocycles. The number of ether oxygens (including phenoxy) is 1. The van der Waals surface area contributed by atoms with E-state index in [1.165, 1.54) is 31.2 Å². The second kappa shape index (κ2) is 7.48. The fraction of sp³-hybridized carbons (Fsp3) is 0.647. The third-order valence-corrected chi connectivity index (χ3v) is 4.74. The lowest BCUT2D eigenvalue weighted by Gasteiger charge is -2.35. The summed E-state index contributed by atoms with van der Waals surface area (Å²) in [7, 11) is 2.27. The summed E-state index contributed by atoms with van der Waals surface area (Å²) in [6.07, 6.45) is 5.37. The first kappa shape index (κ1) is 16.6. The highest BCUT2D eigenvalue weighted by atomic mass is 35.5. The quantitative estimate of drug-likeness (QED) is 0.903. The van der Waals surface area contributed by atoms with Gasteiger partial charge in [-0.3, -0.25) is 4.90 Å². The van der Waals surface area contributed by atoms with E-state index in [-0.39, 0.29) is 12.4 Å². The Morgan fingerprint density at radius 3 is 2.33 bits per heavy atom. The molecule has 0 saturated carbocycles. The van der Waals surface area contributed by atoms with Crippen LogP contribution >= 0.6 is 12.4 Å². The smallest absolute Gasteiger partial charge is 0.119 e. The van der Waals surface area contributed by atoms with Crippen LogP contribution in [0.2, 0.25) is 0 Å². The Kier molecular flexibility index (Phi) is 5.91. The van der Waals surface area contributed by atoms with E-state index >= 15 is 0 Å². The minimum absolute atomic E-state index is 0. The molecule has 1 aromatic carbocycles. The molecule has 2 atom stereocenters. The number of halogens is 1. The molecule has 2 heterocycles. The molecule has 0 radical (unpaired) electrons. The topological polar surface area (TPSA) is 24.5 Å². The zero-order valence-corrected chi connectivity index (χ0v) is 13.9. The first-order valence-electron chi connectivity index (χ1n) is 7.92. The standard InChI is InChI=1S/C17H26N2O.ClH/c1-3-20-17-8-4-13(5-9-17)12-19(2)16-10-14-6-7-15(11-16)18-14;/h4-5,8-9,14-16,18H,3,6-7,10-12H2,1-2H3;1H. The van der Waals surface area contributed by atoms with Crippen molar-refractivity contribution in [1.82, 2.24) is 10.2 Å². The molecule has 118 valence electrons. The first-order valence-corrected chi connectivity index (χ1v) is 7.92. The van der Waals surface area contributed by atoms with Gasteiger partial charge in [0.05, 0.1) is 6.61 Å². The highest BCUT2D eigenvalue weighted by molar-refractivity contribution is 5.85. The number of fused-ring (bicyclic) bond motifs is 2. The molecular formula is C17H27ClN2O. The number of piperidine rings is 1. The number of nitrogens with zero attached hydrogens (tertiary/aromatic N) is 1. The Morgan fingerprint density at radius 1 is 1.14 bits per heavy atom. The summed E-state index contributed by atoms with van der Waals surface area (Å²) in [5.41, 5.74) is 1.38. The lowest BCUT2D eigenvalue weighted by Crippen LogP contribution is -2.46. The highest BCUT2D eigenvalue weighted by Gasteiger charge is 2.34. The van der Waals surface area contributed by atoms with Gasteiger partial charge in [0, 0.05) is 24.7 Å². The van der Waals surface area contributed by atoms with Gasteiger partial charge in [0.15, 0.2) is 0 Å². The molecule has 0 spiro atoms. The van der Waals surface area contributed by atoms with Crippen LogP contribution < -0.4 is 10.1 Å². The van der Waals surface area contributed by atoms with Crippen LogP contribution in [0.1, 0.15) is 38.2 Å². The van der Waals surface area contributed by atoms with Crippen molar-refractivity contribution in [3.8, 4) is 5.75 Å². The van der Waals surface area contributed by atoms with Crippen LogP contribution in [-0.4, -0.2) is 36.7 Å². The van der Waals surface area contributed by atoms with Gasteiger partial charge in [-0.15, -0.1) is 12.4 Å². The molecule has 21 heavy (non-hydrogen) atoms. The van der Waals surface area contributed by atoms with Crippen molar-refractivity contribution in [1.29, 1.82) is 0 Å². The van der Waals surface area contributed by atoms with Gasteiger partial charge < -0.3 is 10.1 Å². The molecule has 2 unspecified atom stereocenters. The van der Waals surface area contributed by atoms with Crippen LogP contribution in [-0.2, 0) is 6.54 Å². The third-order valence-electron chi connectivity index (χ3n) is 4.74. The monoisotopic (exact) mass is 310 g/mol. The summed E-state index contributed by atoms with van der Waals surface area (Å²) >= 11 is 0. The van der Waals surface area contributed by atoms with E-state index < -0.39 is 0 Å². The number of hydrogen-bond donors (Lipinski definition) is 1. The van der Waals surface area contributed by atoms with Crippen LogP contribution in [0.4, 0.5) is 0 Å². The molecule has 3 rings (SSSR count). The van der Waals surface area contributed by atoms with E-state index in [0.717, 1.165) is 37.0 Å². The van der Waals surface area contributed by atoms with Crippen molar-refractivity contribution in [3.63, 3.8) is 0 Å². The average molecular weight is 311 g/mol. The maximum absolute atomic E-state index is 5.50. The van der Waals surface area contributed by atoms with Crippen molar-refractivity contribution >= 4 is 12.4 Å². The van der Waals surface area contributed by atoms with Crippen LogP contribution in [0.15, 0.2) is 24.3 Å². The Bertz CT molecular complexity index is 425. The van der Waals surface area contributed by atoms with E-state index in [9.17, 15) is 0 Å². The molecule has 4 heteroatoms. The van der Waals surface area contributed by atoms with E-state index in [4.69, 9.17) is 4.74 Å². The summed E-state index contributed by atoms with van der Waals surface area (Å²) in [6, 6.07) is 10.8. The van der Waals surface area contributed by atoms with Gasteiger partial charge in [-0.1, -0.05) is 12.1 Å². The second-order valence-electron chi connectivity index (χ2n) is 6.26. The molecule has 2 bridgehead atoms. The first-order chi connectivity index (χ1) is 9.74. The van der Waals surface area contributed by atoms with Crippen molar-refractivity contribution in [3.05, 3.63) is 29.8 Å². The van der Waals surface area contributed by atoms with Crippen molar-refractivity contribution < 1.29 is 4.74 Å². The number of hydrogen-bond acceptors (Lipinski definition) is 3. The molecule has 2 aliphatic rings. The van der Waals surface area contributed by atoms with Gasteiger partial charge in [0.1, 0.15) is 5.75 Å². The number of nitrogens with one attached hydrogen (secondary N) is 1. The third kappa shape index (κ3) is 4.12. The molecule has 1 N–H and O–H groups in total. The minimum Gasteiger partial charge on any atom is -0.494 e. The van der Waals surface area contributed by atoms with Crippen LogP contribution in [0.25, 0.3) is 0 Å². The van der Waals surface area contributed by atoms with Crippen LogP contribution in [0, 0.1) is 0 Å². The summed E-state index contributed by atoms with van der Waals surface area (Å²) in [6.45, 7) is 3.79. The summed E-state index contributed by atoms with van der Waals surface area (Å²) in [4.78, 5) is 2.53.